The minimum Gasteiger partial charge on any atom is -0.384 e. The Morgan fingerprint density at radius 2 is 2.46 bits per heavy atom. The van der Waals surface area contributed by atoms with Crippen molar-refractivity contribution in [1.29, 1.82) is 0 Å². The van der Waals surface area contributed by atoms with Crippen LogP contribution >= 0.6 is 0 Å². The fraction of sp³-hybridized carbons (Fsp3) is 0.400. The first-order valence-corrected chi connectivity index (χ1v) is 4.49. The molecule has 0 aliphatic carbocycles. The van der Waals surface area contributed by atoms with Crippen LogP contribution in [-0.2, 0) is 0 Å². The number of anilines is 1. The van der Waals surface area contributed by atoms with Crippen LogP contribution in [0.4, 0.5) is 10.1 Å². The normalized spacial score (nSPS) is 19.7. The van der Waals surface area contributed by atoms with Gasteiger partial charge in [-0.05, 0) is 30.8 Å². The van der Waals surface area contributed by atoms with Gasteiger partial charge in [0.1, 0.15) is 5.82 Å². The highest BCUT2D eigenvalue weighted by atomic mass is 19.1. The van der Waals surface area contributed by atoms with E-state index in [1.54, 1.807) is 12.1 Å². The van der Waals surface area contributed by atoms with E-state index in [0.29, 0.717) is 5.92 Å². The molecule has 0 radical (unpaired) electrons. The molecule has 1 aromatic rings. The van der Waals surface area contributed by atoms with Crippen LogP contribution in [0.2, 0.25) is 0 Å². The first kappa shape index (κ1) is 8.51. The summed E-state index contributed by atoms with van der Waals surface area (Å²) in [5.41, 5.74) is 2.16. The number of rotatable bonds is 2. The maximum Gasteiger partial charge on any atom is 0.123 e. The summed E-state index contributed by atoms with van der Waals surface area (Å²) < 4.78 is 12.9. The van der Waals surface area contributed by atoms with E-state index in [1.165, 1.54) is 6.07 Å². The Kier molecular flexibility index (Phi) is 2.19. The zero-order chi connectivity index (χ0) is 9.26. The molecule has 1 unspecified atom stereocenters. The molecule has 1 heterocycles. The van der Waals surface area contributed by atoms with Crippen molar-refractivity contribution in [1.82, 2.24) is 5.32 Å². The molecule has 2 N–H and O–H groups in total. The molecule has 1 atom stereocenters. The number of hydrogen-bond donors (Lipinski definition) is 2. The lowest BCUT2D eigenvalue weighted by atomic mass is 10.0. The average Bonchev–Trinajstić information content (AvgIpc) is 2.49. The monoisotopic (exact) mass is 180 g/mol. The van der Waals surface area contributed by atoms with Crippen LogP contribution < -0.4 is 10.6 Å². The van der Waals surface area contributed by atoms with Gasteiger partial charge in [-0.3, -0.25) is 0 Å². The molecule has 0 saturated carbocycles. The van der Waals surface area contributed by atoms with Gasteiger partial charge < -0.3 is 10.6 Å². The highest BCUT2D eigenvalue weighted by Crippen LogP contribution is 2.31. The summed E-state index contributed by atoms with van der Waals surface area (Å²) in [6.45, 7) is 1.79. The van der Waals surface area contributed by atoms with Gasteiger partial charge in [-0.1, -0.05) is 0 Å². The van der Waals surface area contributed by atoms with Gasteiger partial charge in [-0.25, -0.2) is 4.39 Å². The van der Waals surface area contributed by atoms with E-state index in [9.17, 15) is 4.39 Å². The second kappa shape index (κ2) is 3.34. The zero-order valence-electron chi connectivity index (χ0n) is 7.60. The van der Waals surface area contributed by atoms with E-state index >= 15 is 0 Å². The van der Waals surface area contributed by atoms with Crippen LogP contribution in [-0.4, -0.2) is 20.1 Å². The first-order chi connectivity index (χ1) is 6.31. The third-order valence-corrected chi connectivity index (χ3v) is 2.44. The van der Waals surface area contributed by atoms with Gasteiger partial charge in [0.2, 0.25) is 0 Å². The second-order valence-corrected chi connectivity index (χ2v) is 3.37. The van der Waals surface area contributed by atoms with Crippen LogP contribution in [0.1, 0.15) is 11.5 Å². The fourth-order valence-corrected chi connectivity index (χ4v) is 1.80. The van der Waals surface area contributed by atoms with Crippen molar-refractivity contribution in [2.75, 3.05) is 25.5 Å². The lowest BCUT2D eigenvalue weighted by Crippen LogP contribution is -2.18. The Morgan fingerprint density at radius 1 is 1.62 bits per heavy atom. The molecule has 0 aromatic heterocycles. The Hall–Kier alpha value is -1.09. The highest BCUT2D eigenvalue weighted by Gasteiger charge is 2.21. The standard InChI is InChI=1S/C10H13FN2/c1-12-5-7-6-13-10-3-2-8(11)4-9(7)10/h2-4,7,12-13H,5-6H2,1H3. The highest BCUT2D eigenvalue weighted by molar-refractivity contribution is 5.57. The summed E-state index contributed by atoms with van der Waals surface area (Å²) in [7, 11) is 1.91. The van der Waals surface area contributed by atoms with Crippen molar-refractivity contribution in [3.63, 3.8) is 0 Å². The van der Waals surface area contributed by atoms with Crippen molar-refractivity contribution in [2.24, 2.45) is 0 Å². The average molecular weight is 180 g/mol. The molecule has 1 aliphatic heterocycles. The molecule has 0 fully saturated rings. The molecule has 0 saturated heterocycles. The van der Waals surface area contributed by atoms with Crippen LogP contribution in [0.5, 0.6) is 0 Å². The smallest absolute Gasteiger partial charge is 0.123 e. The third kappa shape index (κ3) is 1.52. The molecule has 0 spiro atoms. The first-order valence-electron chi connectivity index (χ1n) is 4.49. The summed E-state index contributed by atoms with van der Waals surface area (Å²) in [5, 5.41) is 6.36. The summed E-state index contributed by atoms with van der Waals surface area (Å²) in [6, 6.07) is 4.92. The molecule has 70 valence electrons. The summed E-state index contributed by atoms with van der Waals surface area (Å²) >= 11 is 0. The molecular formula is C10H13FN2. The Labute approximate surface area is 77.2 Å². The third-order valence-electron chi connectivity index (χ3n) is 2.44. The number of hydrogen-bond acceptors (Lipinski definition) is 2. The Morgan fingerprint density at radius 3 is 3.23 bits per heavy atom. The number of likely N-dealkylation sites (N-methyl/N-ethyl adjacent to an activating group) is 1. The van der Waals surface area contributed by atoms with Crippen LogP contribution in [0.3, 0.4) is 0 Å². The molecule has 0 amide bonds. The minimum atomic E-state index is -0.149. The van der Waals surface area contributed by atoms with E-state index in [0.717, 1.165) is 24.3 Å². The van der Waals surface area contributed by atoms with E-state index < -0.39 is 0 Å². The van der Waals surface area contributed by atoms with E-state index in [-0.39, 0.29) is 5.82 Å². The van der Waals surface area contributed by atoms with Gasteiger partial charge in [-0.15, -0.1) is 0 Å². The molecule has 2 rings (SSSR count). The van der Waals surface area contributed by atoms with Crippen LogP contribution in [0.25, 0.3) is 0 Å². The molecule has 2 nitrogen and oxygen atoms in total. The molecule has 13 heavy (non-hydrogen) atoms. The minimum absolute atomic E-state index is 0.149. The summed E-state index contributed by atoms with van der Waals surface area (Å²) in [5.74, 6) is 0.249. The predicted octanol–water partition coefficient (Wildman–Crippen LogP) is 1.55. The van der Waals surface area contributed by atoms with Crippen LogP contribution in [0, 0.1) is 5.82 Å². The van der Waals surface area contributed by atoms with E-state index in [4.69, 9.17) is 0 Å². The van der Waals surface area contributed by atoms with Gasteiger partial charge in [0.15, 0.2) is 0 Å². The topological polar surface area (TPSA) is 24.1 Å². The Bertz CT molecular complexity index is 310. The number of benzene rings is 1. The Balaban J connectivity index is 2.29. The molecule has 1 aromatic carbocycles. The van der Waals surface area contributed by atoms with Gasteiger partial charge in [-0.2, -0.15) is 0 Å². The number of nitrogens with one attached hydrogen (secondary N) is 2. The lowest BCUT2D eigenvalue weighted by Gasteiger charge is -2.08. The van der Waals surface area contributed by atoms with Crippen molar-refractivity contribution in [3.8, 4) is 0 Å². The molecule has 1 aliphatic rings. The number of fused-ring (bicyclic) bond motifs is 1. The summed E-state index contributed by atoms with van der Waals surface area (Å²) in [4.78, 5) is 0. The lowest BCUT2D eigenvalue weighted by molar-refractivity contribution is 0.619. The maximum atomic E-state index is 12.9. The van der Waals surface area contributed by atoms with Gasteiger partial charge in [0.25, 0.3) is 0 Å². The predicted molar refractivity (Wildman–Crippen MR) is 51.6 cm³/mol. The largest absolute Gasteiger partial charge is 0.384 e. The molecule has 0 bridgehead atoms. The van der Waals surface area contributed by atoms with Crippen molar-refractivity contribution < 1.29 is 4.39 Å². The van der Waals surface area contributed by atoms with Gasteiger partial charge in [0.05, 0.1) is 0 Å². The SMILES string of the molecule is CNCC1CNc2ccc(F)cc21. The fourth-order valence-electron chi connectivity index (χ4n) is 1.80. The van der Waals surface area contributed by atoms with Crippen molar-refractivity contribution in [3.05, 3.63) is 29.6 Å². The van der Waals surface area contributed by atoms with Gasteiger partial charge in [0, 0.05) is 24.7 Å². The van der Waals surface area contributed by atoms with E-state index in [2.05, 4.69) is 10.6 Å². The van der Waals surface area contributed by atoms with Crippen LogP contribution in [0.15, 0.2) is 18.2 Å². The summed E-state index contributed by atoms with van der Waals surface area (Å²) in [6.07, 6.45) is 0. The molecule has 3 heteroatoms. The zero-order valence-corrected chi connectivity index (χ0v) is 7.60. The second-order valence-electron chi connectivity index (χ2n) is 3.37. The van der Waals surface area contributed by atoms with E-state index in [1.807, 2.05) is 7.05 Å². The quantitative estimate of drug-likeness (QED) is 0.721. The van der Waals surface area contributed by atoms with Gasteiger partial charge >= 0.3 is 0 Å². The van der Waals surface area contributed by atoms with Crippen molar-refractivity contribution in [2.45, 2.75) is 5.92 Å². The molecular weight excluding hydrogens is 167 g/mol. The van der Waals surface area contributed by atoms with Crippen molar-refractivity contribution >= 4 is 5.69 Å². The maximum absolute atomic E-state index is 12.9. The number of halogens is 1.